The molecule has 1 unspecified atom stereocenters. The topological polar surface area (TPSA) is 59.4 Å². The average molecular weight is 416 g/mol. The highest BCUT2D eigenvalue weighted by atomic mass is 19.1. The summed E-state index contributed by atoms with van der Waals surface area (Å²) in [7, 11) is 0. The predicted octanol–water partition coefficient (Wildman–Crippen LogP) is 2.47. The van der Waals surface area contributed by atoms with Gasteiger partial charge in [0.05, 0.1) is 19.8 Å². The van der Waals surface area contributed by atoms with Gasteiger partial charge in [0, 0.05) is 42.5 Å². The van der Waals surface area contributed by atoms with Crippen LogP contribution in [-0.2, 0) is 30.7 Å². The molecule has 1 aromatic carbocycles. The Balaban J connectivity index is 1.52. The summed E-state index contributed by atoms with van der Waals surface area (Å²) in [6.45, 7) is 6.75. The van der Waals surface area contributed by atoms with Crippen molar-refractivity contribution in [3.8, 4) is 0 Å². The molecule has 8 heteroatoms. The molecule has 4 rings (SSSR count). The molecule has 0 bridgehead atoms. The zero-order valence-corrected chi connectivity index (χ0v) is 16.9. The Labute approximate surface area is 174 Å². The van der Waals surface area contributed by atoms with Gasteiger partial charge in [-0.1, -0.05) is 6.08 Å². The van der Waals surface area contributed by atoms with Crippen LogP contribution < -0.4 is 5.32 Å². The quantitative estimate of drug-likeness (QED) is 0.735. The number of aromatic nitrogens is 2. The minimum atomic E-state index is -0.455. The van der Waals surface area contributed by atoms with Gasteiger partial charge in [0.1, 0.15) is 11.6 Å². The summed E-state index contributed by atoms with van der Waals surface area (Å²) in [5, 5.41) is 7.94. The second kappa shape index (κ2) is 9.06. The summed E-state index contributed by atoms with van der Waals surface area (Å²) in [6, 6.07) is 3.52. The molecule has 0 radical (unpaired) electrons. The van der Waals surface area contributed by atoms with Crippen LogP contribution in [0.2, 0.25) is 0 Å². The van der Waals surface area contributed by atoms with E-state index in [0.717, 1.165) is 36.2 Å². The monoisotopic (exact) mass is 416 g/mol. The molecule has 1 saturated heterocycles. The number of allylic oxidation sites excluding steroid dienone is 1. The maximum absolute atomic E-state index is 13.9. The van der Waals surface area contributed by atoms with Gasteiger partial charge in [0.15, 0.2) is 5.69 Å². The molecular weight excluding hydrogens is 390 g/mol. The van der Waals surface area contributed by atoms with Crippen LogP contribution in [0.15, 0.2) is 30.9 Å². The van der Waals surface area contributed by atoms with E-state index in [0.29, 0.717) is 50.5 Å². The Morgan fingerprint density at radius 3 is 2.90 bits per heavy atom. The van der Waals surface area contributed by atoms with Gasteiger partial charge in [-0.3, -0.25) is 9.48 Å². The second-order valence-corrected chi connectivity index (χ2v) is 7.71. The van der Waals surface area contributed by atoms with Crippen LogP contribution in [0.25, 0.3) is 0 Å². The summed E-state index contributed by atoms with van der Waals surface area (Å²) in [4.78, 5) is 14.9. The van der Waals surface area contributed by atoms with E-state index in [-0.39, 0.29) is 18.5 Å². The van der Waals surface area contributed by atoms with Crippen LogP contribution in [0.5, 0.6) is 0 Å². The molecular formula is C22H26F2N4O2. The molecule has 1 aliphatic heterocycles. The normalized spacial score (nSPS) is 18.9. The number of amides is 1. The molecule has 1 fully saturated rings. The standard InChI is InChI=1S/C22H26F2N4O2/c1-2-7-28-20-6-4-17(25-14-15-12-16(23)3-5-19(15)24)13-18(20)21(26-28)22(29)27-8-10-30-11-9-27/h2-3,5,12,17,25H,1,4,6-11,13-14H2. The third kappa shape index (κ3) is 4.29. The highest BCUT2D eigenvalue weighted by molar-refractivity contribution is 5.94. The highest BCUT2D eigenvalue weighted by Crippen LogP contribution is 2.26. The average Bonchev–Trinajstić information content (AvgIpc) is 3.12. The Bertz CT molecular complexity index is 937. The van der Waals surface area contributed by atoms with E-state index in [1.807, 2.05) is 4.68 Å². The number of nitrogens with one attached hydrogen (secondary N) is 1. The van der Waals surface area contributed by atoms with Crippen LogP contribution in [0.1, 0.15) is 33.7 Å². The van der Waals surface area contributed by atoms with Gasteiger partial charge in [0.25, 0.3) is 5.91 Å². The van der Waals surface area contributed by atoms with Gasteiger partial charge in [0.2, 0.25) is 0 Å². The smallest absolute Gasteiger partial charge is 0.274 e. The predicted molar refractivity (Wildman–Crippen MR) is 108 cm³/mol. The molecule has 0 saturated carbocycles. The van der Waals surface area contributed by atoms with E-state index in [2.05, 4.69) is 17.0 Å². The molecule has 1 aromatic heterocycles. The number of hydrogen-bond acceptors (Lipinski definition) is 4. The number of benzene rings is 1. The van der Waals surface area contributed by atoms with E-state index in [1.54, 1.807) is 11.0 Å². The first-order chi connectivity index (χ1) is 14.6. The van der Waals surface area contributed by atoms with Gasteiger partial charge in [-0.05, 0) is 37.5 Å². The third-order valence-corrected chi connectivity index (χ3v) is 5.74. The number of halogens is 2. The van der Waals surface area contributed by atoms with Crippen molar-refractivity contribution in [2.45, 2.75) is 38.4 Å². The van der Waals surface area contributed by atoms with Crippen molar-refractivity contribution in [2.24, 2.45) is 0 Å². The molecule has 1 aliphatic carbocycles. The molecule has 160 valence electrons. The number of carbonyl (C=O) groups excluding carboxylic acids is 1. The Hall–Kier alpha value is -2.58. The molecule has 2 aliphatic rings. The first kappa shape index (κ1) is 20.7. The van der Waals surface area contributed by atoms with Gasteiger partial charge in [-0.25, -0.2) is 8.78 Å². The molecule has 30 heavy (non-hydrogen) atoms. The lowest BCUT2D eigenvalue weighted by atomic mass is 9.90. The van der Waals surface area contributed by atoms with E-state index >= 15 is 0 Å². The fourth-order valence-electron chi connectivity index (χ4n) is 4.16. The number of nitrogens with zero attached hydrogens (tertiary/aromatic N) is 3. The van der Waals surface area contributed by atoms with Crippen molar-refractivity contribution in [1.82, 2.24) is 20.0 Å². The third-order valence-electron chi connectivity index (χ3n) is 5.74. The number of hydrogen-bond donors (Lipinski definition) is 1. The van der Waals surface area contributed by atoms with Crippen molar-refractivity contribution in [3.05, 3.63) is 65.0 Å². The first-order valence-electron chi connectivity index (χ1n) is 10.3. The van der Waals surface area contributed by atoms with Crippen molar-refractivity contribution < 1.29 is 18.3 Å². The van der Waals surface area contributed by atoms with Crippen molar-refractivity contribution in [1.29, 1.82) is 0 Å². The zero-order valence-electron chi connectivity index (χ0n) is 16.9. The summed E-state index contributed by atoms with van der Waals surface area (Å²) in [5.41, 5.74) is 2.78. The van der Waals surface area contributed by atoms with Gasteiger partial charge < -0.3 is 15.0 Å². The zero-order chi connectivity index (χ0) is 21.1. The van der Waals surface area contributed by atoms with Crippen LogP contribution in [0, 0.1) is 11.6 Å². The lowest BCUT2D eigenvalue weighted by Crippen LogP contribution is -2.41. The van der Waals surface area contributed by atoms with E-state index in [1.165, 1.54) is 6.07 Å². The first-order valence-corrected chi connectivity index (χ1v) is 10.3. The summed E-state index contributed by atoms with van der Waals surface area (Å²) in [6.07, 6.45) is 3.98. The number of fused-ring (bicyclic) bond motifs is 1. The molecule has 2 heterocycles. The molecule has 1 N–H and O–H groups in total. The van der Waals surface area contributed by atoms with Crippen LogP contribution in [0.3, 0.4) is 0 Å². The SMILES string of the molecule is C=CCn1nc(C(=O)N2CCOCC2)c2c1CCC(NCc1cc(F)ccc1F)C2. The lowest BCUT2D eigenvalue weighted by molar-refractivity contribution is 0.0297. The van der Waals surface area contributed by atoms with Crippen molar-refractivity contribution >= 4 is 5.91 Å². The summed E-state index contributed by atoms with van der Waals surface area (Å²) in [5.74, 6) is -0.959. The van der Waals surface area contributed by atoms with Crippen LogP contribution in [-0.4, -0.2) is 52.9 Å². The van der Waals surface area contributed by atoms with E-state index in [9.17, 15) is 13.6 Å². The van der Waals surface area contributed by atoms with E-state index < -0.39 is 11.6 Å². The second-order valence-electron chi connectivity index (χ2n) is 7.71. The van der Waals surface area contributed by atoms with Gasteiger partial charge in [-0.15, -0.1) is 6.58 Å². The van der Waals surface area contributed by atoms with Crippen LogP contribution in [0.4, 0.5) is 8.78 Å². The minimum absolute atomic E-state index is 0.0535. The van der Waals surface area contributed by atoms with Gasteiger partial charge >= 0.3 is 0 Å². The lowest BCUT2D eigenvalue weighted by Gasteiger charge is -2.28. The highest BCUT2D eigenvalue weighted by Gasteiger charge is 2.31. The Morgan fingerprint density at radius 1 is 1.33 bits per heavy atom. The summed E-state index contributed by atoms with van der Waals surface area (Å²) >= 11 is 0. The molecule has 2 aromatic rings. The van der Waals surface area contributed by atoms with Crippen molar-refractivity contribution in [2.75, 3.05) is 26.3 Å². The molecule has 1 amide bonds. The largest absolute Gasteiger partial charge is 0.378 e. The fourth-order valence-corrected chi connectivity index (χ4v) is 4.16. The Kier molecular flexibility index (Phi) is 6.24. The minimum Gasteiger partial charge on any atom is -0.378 e. The summed E-state index contributed by atoms with van der Waals surface area (Å²) < 4.78 is 34.6. The number of carbonyl (C=O) groups is 1. The fraction of sp³-hybridized carbons (Fsp3) is 0.455. The van der Waals surface area contributed by atoms with Gasteiger partial charge in [-0.2, -0.15) is 5.10 Å². The van der Waals surface area contributed by atoms with E-state index in [4.69, 9.17) is 4.74 Å². The van der Waals surface area contributed by atoms with Crippen LogP contribution >= 0.6 is 0 Å². The molecule has 6 nitrogen and oxygen atoms in total. The van der Waals surface area contributed by atoms with Crippen molar-refractivity contribution in [3.63, 3.8) is 0 Å². The number of ether oxygens (including phenoxy) is 1. The number of rotatable bonds is 6. The maximum Gasteiger partial charge on any atom is 0.274 e. The molecule has 1 atom stereocenters. The Morgan fingerprint density at radius 2 is 2.13 bits per heavy atom. The number of morpholine rings is 1. The maximum atomic E-state index is 13.9. The molecule has 0 spiro atoms.